The van der Waals surface area contributed by atoms with E-state index in [-0.39, 0.29) is 6.10 Å². The summed E-state index contributed by atoms with van der Waals surface area (Å²) in [6.07, 6.45) is 0.894. The molecule has 0 radical (unpaired) electrons. The molecule has 2 aromatic heterocycles. The van der Waals surface area contributed by atoms with Crippen molar-refractivity contribution in [3.63, 3.8) is 0 Å². The number of imidazole rings is 1. The van der Waals surface area contributed by atoms with Crippen LogP contribution in [0.1, 0.15) is 6.42 Å². The SMILES string of the molecule is Clc1cc2[nH]c(OC3CCOC3)nc2nc1-c1ccc(-c2ccccc2)cc1. The molecule has 1 aliphatic heterocycles. The van der Waals surface area contributed by atoms with E-state index in [1.807, 2.05) is 36.4 Å². The average Bonchev–Trinajstić information content (AvgIpc) is 3.37. The maximum absolute atomic E-state index is 6.50. The molecular formula is C22H18ClN3O2. The summed E-state index contributed by atoms with van der Waals surface area (Å²) in [5.74, 6) is 0. The molecule has 0 bridgehead atoms. The highest BCUT2D eigenvalue weighted by Gasteiger charge is 2.19. The average molecular weight is 392 g/mol. The smallest absolute Gasteiger partial charge is 0.296 e. The van der Waals surface area contributed by atoms with E-state index in [1.54, 1.807) is 0 Å². The van der Waals surface area contributed by atoms with Crippen molar-refractivity contribution in [1.82, 2.24) is 15.0 Å². The Morgan fingerprint density at radius 3 is 2.46 bits per heavy atom. The highest BCUT2D eigenvalue weighted by atomic mass is 35.5. The van der Waals surface area contributed by atoms with Crippen molar-refractivity contribution in [2.24, 2.45) is 0 Å². The van der Waals surface area contributed by atoms with Crippen LogP contribution in [0.5, 0.6) is 6.01 Å². The number of nitrogens with one attached hydrogen (secondary N) is 1. The number of hydrogen-bond acceptors (Lipinski definition) is 4. The molecule has 5 rings (SSSR count). The summed E-state index contributed by atoms with van der Waals surface area (Å²) in [6.45, 7) is 1.31. The van der Waals surface area contributed by atoms with Gasteiger partial charge in [-0.3, -0.25) is 0 Å². The molecule has 1 saturated heterocycles. The lowest BCUT2D eigenvalue weighted by Crippen LogP contribution is -2.16. The van der Waals surface area contributed by atoms with E-state index < -0.39 is 0 Å². The van der Waals surface area contributed by atoms with Gasteiger partial charge in [-0.25, -0.2) is 4.98 Å². The Kier molecular flexibility index (Phi) is 4.47. The summed E-state index contributed by atoms with van der Waals surface area (Å²) in [7, 11) is 0. The van der Waals surface area contributed by atoms with Crippen LogP contribution in [0.15, 0.2) is 60.7 Å². The zero-order valence-electron chi connectivity index (χ0n) is 15.1. The molecule has 2 aromatic carbocycles. The summed E-state index contributed by atoms with van der Waals surface area (Å²) >= 11 is 6.50. The molecule has 0 saturated carbocycles. The van der Waals surface area contributed by atoms with Gasteiger partial charge in [-0.15, -0.1) is 0 Å². The van der Waals surface area contributed by atoms with Crippen molar-refractivity contribution in [1.29, 1.82) is 0 Å². The minimum Gasteiger partial charge on any atom is -0.459 e. The van der Waals surface area contributed by atoms with Crippen molar-refractivity contribution < 1.29 is 9.47 Å². The second-order valence-corrected chi connectivity index (χ2v) is 7.19. The summed E-state index contributed by atoms with van der Waals surface area (Å²) in [6, 6.07) is 20.8. The minimum absolute atomic E-state index is 0.0287. The van der Waals surface area contributed by atoms with Gasteiger partial charge < -0.3 is 14.5 Å². The Hall–Kier alpha value is -2.89. The largest absolute Gasteiger partial charge is 0.459 e. The fourth-order valence-electron chi connectivity index (χ4n) is 3.37. The second-order valence-electron chi connectivity index (χ2n) is 6.78. The van der Waals surface area contributed by atoms with Crippen molar-refractivity contribution in [2.75, 3.05) is 13.2 Å². The van der Waals surface area contributed by atoms with Crippen LogP contribution in [0.25, 0.3) is 33.5 Å². The molecule has 1 unspecified atom stereocenters. The number of aromatic nitrogens is 3. The first-order valence-corrected chi connectivity index (χ1v) is 9.60. The van der Waals surface area contributed by atoms with Crippen LogP contribution in [0.2, 0.25) is 5.02 Å². The molecule has 6 heteroatoms. The number of halogens is 1. The Bertz CT molecular complexity index is 1100. The monoisotopic (exact) mass is 391 g/mol. The molecule has 1 fully saturated rings. The molecule has 0 aliphatic carbocycles. The van der Waals surface area contributed by atoms with E-state index in [0.29, 0.717) is 29.0 Å². The maximum Gasteiger partial charge on any atom is 0.296 e. The number of rotatable bonds is 4. The molecule has 3 heterocycles. The first-order chi connectivity index (χ1) is 13.8. The number of hydrogen-bond donors (Lipinski definition) is 1. The number of nitrogens with zero attached hydrogens (tertiary/aromatic N) is 2. The standard InChI is InChI=1S/C22H18ClN3O2/c23-18-12-19-21(26-22(24-19)28-17-10-11-27-13-17)25-20(18)16-8-6-15(7-9-16)14-4-2-1-3-5-14/h1-9,12,17H,10-11,13H2,(H,24,25,26). The number of fused-ring (bicyclic) bond motifs is 1. The zero-order valence-corrected chi connectivity index (χ0v) is 15.8. The van der Waals surface area contributed by atoms with Gasteiger partial charge in [0.1, 0.15) is 6.10 Å². The van der Waals surface area contributed by atoms with Crippen molar-refractivity contribution in [3.05, 3.63) is 65.7 Å². The van der Waals surface area contributed by atoms with Gasteiger partial charge in [0.05, 0.1) is 29.4 Å². The van der Waals surface area contributed by atoms with Gasteiger partial charge in [0, 0.05) is 12.0 Å². The summed E-state index contributed by atoms with van der Waals surface area (Å²) in [5.41, 5.74) is 5.31. The van der Waals surface area contributed by atoms with Gasteiger partial charge in [0.2, 0.25) is 0 Å². The van der Waals surface area contributed by atoms with Crippen LogP contribution < -0.4 is 4.74 Å². The van der Waals surface area contributed by atoms with Gasteiger partial charge in [-0.05, 0) is 17.2 Å². The highest BCUT2D eigenvalue weighted by molar-refractivity contribution is 6.33. The van der Waals surface area contributed by atoms with Gasteiger partial charge in [-0.2, -0.15) is 4.98 Å². The molecule has 0 spiro atoms. The van der Waals surface area contributed by atoms with E-state index in [4.69, 9.17) is 21.1 Å². The van der Waals surface area contributed by atoms with Crippen LogP contribution in [-0.2, 0) is 4.74 Å². The molecule has 0 amide bonds. The topological polar surface area (TPSA) is 60.0 Å². The van der Waals surface area contributed by atoms with Gasteiger partial charge >= 0.3 is 0 Å². The Balaban J connectivity index is 1.45. The lowest BCUT2D eigenvalue weighted by atomic mass is 10.0. The van der Waals surface area contributed by atoms with E-state index in [1.165, 1.54) is 5.56 Å². The quantitative estimate of drug-likeness (QED) is 0.525. The molecule has 5 nitrogen and oxygen atoms in total. The van der Waals surface area contributed by atoms with Gasteiger partial charge in [0.15, 0.2) is 5.65 Å². The summed E-state index contributed by atoms with van der Waals surface area (Å²) in [4.78, 5) is 12.3. The lowest BCUT2D eigenvalue weighted by Gasteiger charge is -2.07. The predicted octanol–water partition coefficient (Wildman–Crippen LogP) is 5.11. The van der Waals surface area contributed by atoms with Crippen molar-refractivity contribution in [2.45, 2.75) is 12.5 Å². The molecule has 4 aromatic rings. The first kappa shape index (κ1) is 17.2. The van der Waals surface area contributed by atoms with Crippen molar-refractivity contribution >= 4 is 22.8 Å². The molecular weight excluding hydrogens is 374 g/mol. The maximum atomic E-state index is 6.50. The highest BCUT2D eigenvalue weighted by Crippen LogP contribution is 2.31. The molecule has 28 heavy (non-hydrogen) atoms. The number of H-pyrrole nitrogens is 1. The third-order valence-electron chi connectivity index (χ3n) is 4.84. The Labute approximate surface area is 167 Å². The molecule has 140 valence electrons. The van der Waals surface area contributed by atoms with Gasteiger partial charge in [0.25, 0.3) is 6.01 Å². The Morgan fingerprint density at radius 1 is 0.964 bits per heavy atom. The van der Waals surface area contributed by atoms with Gasteiger partial charge in [-0.1, -0.05) is 66.2 Å². The number of aromatic amines is 1. The fraction of sp³-hybridized carbons (Fsp3) is 0.182. The third kappa shape index (κ3) is 3.35. The van der Waals surface area contributed by atoms with Crippen LogP contribution in [0, 0.1) is 0 Å². The van der Waals surface area contributed by atoms with Crippen molar-refractivity contribution in [3.8, 4) is 28.4 Å². The fourth-order valence-corrected chi connectivity index (χ4v) is 3.63. The number of benzene rings is 2. The lowest BCUT2D eigenvalue weighted by molar-refractivity contribution is 0.135. The zero-order chi connectivity index (χ0) is 18.9. The first-order valence-electron chi connectivity index (χ1n) is 9.23. The van der Waals surface area contributed by atoms with E-state index >= 15 is 0 Å². The van der Waals surface area contributed by atoms with E-state index in [0.717, 1.165) is 29.7 Å². The van der Waals surface area contributed by atoms with Crippen LogP contribution >= 0.6 is 11.6 Å². The molecule has 1 N–H and O–H groups in total. The summed E-state index contributed by atoms with van der Waals surface area (Å²) < 4.78 is 11.2. The normalized spacial score (nSPS) is 16.5. The van der Waals surface area contributed by atoms with Crippen LogP contribution in [0.4, 0.5) is 0 Å². The Morgan fingerprint density at radius 2 is 1.71 bits per heavy atom. The third-order valence-corrected chi connectivity index (χ3v) is 5.12. The minimum atomic E-state index is 0.0287. The van der Waals surface area contributed by atoms with Crippen LogP contribution in [0.3, 0.4) is 0 Å². The van der Waals surface area contributed by atoms with E-state index in [2.05, 4.69) is 39.2 Å². The molecule has 1 atom stereocenters. The number of pyridine rings is 1. The second kappa shape index (κ2) is 7.26. The predicted molar refractivity (Wildman–Crippen MR) is 110 cm³/mol. The van der Waals surface area contributed by atoms with E-state index in [9.17, 15) is 0 Å². The summed E-state index contributed by atoms with van der Waals surface area (Å²) in [5, 5.41) is 0.569. The number of ether oxygens (including phenoxy) is 2. The van der Waals surface area contributed by atoms with Crippen LogP contribution in [-0.4, -0.2) is 34.3 Å². The molecule has 1 aliphatic rings.